The zero-order chi connectivity index (χ0) is 12.5. The van der Waals surface area contributed by atoms with E-state index in [0.717, 1.165) is 10.8 Å². The van der Waals surface area contributed by atoms with E-state index in [1.807, 2.05) is 11.6 Å². The number of aryl methyl sites for hydroxylation is 1. The van der Waals surface area contributed by atoms with Crippen LogP contribution in [0.4, 0.5) is 0 Å². The highest BCUT2D eigenvalue weighted by Crippen LogP contribution is 2.36. The zero-order valence-electron chi connectivity index (χ0n) is 11.0. The summed E-state index contributed by atoms with van der Waals surface area (Å²) in [7, 11) is 2.14. The van der Waals surface area contributed by atoms with Crippen LogP contribution in [0, 0.1) is 6.92 Å². The highest BCUT2D eigenvalue weighted by molar-refractivity contribution is 7.13. The Morgan fingerprint density at radius 3 is 2.72 bits per heavy atom. The monoisotopic (exact) mass is 261 g/mol. The summed E-state index contributed by atoms with van der Waals surface area (Å²) in [4.78, 5) is 9.12. The van der Waals surface area contributed by atoms with Crippen LogP contribution < -0.4 is 0 Å². The second-order valence-corrected chi connectivity index (χ2v) is 6.03. The van der Waals surface area contributed by atoms with Gasteiger partial charge >= 0.3 is 0 Å². The van der Waals surface area contributed by atoms with Crippen LogP contribution in [0.5, 0.6) is 0 Å². The van der Waals surface area contributed by atoms with Crippen LogP contribution in [-0.2, 0) is 7.05 Å². The van der Waals surface area contributed by atoms with E-state index in [1.165, 1.54) is 43.5 Å². The van der Waals surface area contributed by atoms with Gasteiger partial charge in [0, 0.05) is 30.2 Å². The van der Waals surface area contributed by atoms with Gasteiger partial charge in [0.1, 0.15) is 0 Å². The quantitative estimate of drug-likeness (QED) is 0.821. The van der Waals surface area contributed by atoms with Gasteiger partial charge in [-0.1, -0.05) is 19.3 Å². The number of nitrogens with zero attached hydrogens (tertiary/aromatic N) is 3. The number of hydrogen-bond acceptors (Lipinski definition) is 3. The summed E-state index contributed by atoms with van der Waals surface area (Å²) < 4.78 is 2.27. The van der Waals surface area contributed by atoms with Crippen LogP contribution in [0.15, 0.2) is 11.6 Å². The van der Waals surface area contributed by atoms with E-state index in [2.05, 4.69) is 23.5 Å². The van der Waals surface area contributed by atoms with Crippen molar-refractivity contribution in [3.05, 3.63) is 23.0 Å². The number of thiazole rings is 1. The Morgan fingerprint density at radius 2 is 2.06 bits per heavy atom. The van der Waals surface area contributed by atoms with E-state index in [0.29, 0.717) is 5.92 Å². The highest BCUT2D eigenvalue weighted by Gasteiger charge is 2.23. The first-order valence-corrected chi connectivity index (χ1v) is 7.58. The summed E-state index contributed by atoms with van der Waals surface area (Å²) in [6, 6.07) is 0. The van der Waals surface area contributed by atoms with Crippen molar-refractivity contribution in [2.45, 2.75) is 44.9 Å². The van der Waals surface area contributed by atoms with E-state index in [9.17, 15) is 0 Å². The third-order valence-electron chi connectivity index (χ3n) is 3.94. The third-order valence-corrected chi connectivity index (χ3v) is 4.71. The molecule has 0 amide bonds. The molecule has 0 spiro atoms. The van der Waals surface area contributed by atoms with Crippen molar-refractivity contribution in [2.24, 2.45) is 7.05 Å². The molecule has 2 aromatic heterocycles. The predicted molar refractivity (Wildman–Crippen MR) is 74.9 cm³/mol. The molecule has 1 saturated carbocycles. The first-order valence-electron chi connectivity index (χ1n) is 6.70. The molecular formula is C14H19N3S. The Bertz CT molecular complexity index is 521. The van der Waals surface area contributed by atoms with Crippen LogP contribution in [0.2, 0.25) is 0 Å². The normalized spacial score (nSPS) is 17.2. The molecule has 2 heterocycles. The summed E-state index contributed by atoms with van der Waals surface area (Å²) in [5.41, 5.74) is 2.62. The minimum Gasteiger partial charge on any atom is -0.329 e. The lowest BCUT2D eigenvalue weighted by Crippen LogP contribution is -2.10. The molecule has 0 aliphatic heterocycles. The molecule has 4 heteroatoms. The smallest absolute Gasteiger partial charge is 0.169 e. The average molecular weight is 261 g/mol. The van der Waals surface area contributed by atoms with Crippen molar-refractivity contribution in [3.8, 4) is 10.8 Å². The van der Waals surface area contributed by atoms with Crippen LogP contribution in [0.25, 0.3) is 10.8 Å². The lowest BCUT2D eigenvalue weighted by molar-refractivity contribution is 0.428. The molecule has 1 aliphatic rings. The summed E-state index contributed by atoms with van der Waals surface area (Å²) in [5.74, 6) is 1.73. The van der Waals surface area contributed by atoms with Gasteiger partial charge in [-0.2, -0.15) is 0 Å². The number of imidazole rings is 1. The van der Waals surface area contributed by atoms with E-state index in [-0.39, 0.29) is 0 Å². The molecule has 0 N–H and O–H groups in total. The standard InChI is InChI=1S/C14H19N3S/c1-10-12(11-6-4-3-5-7-11)17(2)13(16-10)14-15-8-9-18-14/h8-9,11H,3-7H2,1-2H3. The lowest BCUT2D eigenvalue weighted by Gasteiger charge is -2.22. The van der Waals surface area contributed by atoms with Crippen molar-refractivity contribution in [2.75, 3.05) is 0 Å². The molecule has 96 valence electrons. The van der Waals surface area contributed by atoms with E-state index in [4.69, 9.17) is 4.98 Å². The Kier molecular flexibility index (Phi) is 3.20. The van der Waals surface area contributed by atoms with Crippen molar-refractivity contribution in [1.29, 1.82) is 0 Å². The van der Waals surface area contributed by atoms with Crippen molar-refractivity contribution < 1.29 is 0 Å². The van der Waals surface area contributed by atoms with Gasteiger partial charge in [-0.15, -0.1) is 11.3 Å². The SMILES string of the molecule is Cc1nc(-c2nccs2)n(C)c1C1CCCCC1. The molecule has 1 aliphatic carbocycles. The van der Waals surface area contributed by atoms with Gasteiger partial charge in [-0.3, -0.25) is 0 Å². The third kappa shape index (κ3) is 1.99. The first kappa shape index (κ1) is 11.9. The summed E-state index contributed by atoms with van der Waals surface area (Å²) in [6.07, 6.45) is 8.61. The van der Waals surface area contributed by atoms with Gasteiger partial charge < -0.3 is 4.57 Å². The maximum atomic E-state index is 4.74. The fourth-order valence-electron chi connectivity index (χ4n) is 3.12. The Morgan fingerprint density at radius 1 is 1.28 bits per heavy atom. The maximum Gasteiger partial charge on any atom is 0.169 e. The van der Waals surface area contributed by atoms with Crippen molar-refractivity contribution in [1.82, 2.24) is 14.5 Å². The maximum absolute atomic E-state index is 4.74. The van der Waals surface area contributed by atoms with Crippen molar-refractivity contribution >= 4 is 11.3 Å². The van der Waals surface area contributed by atoms with Gasteiger partial charge in [0.2, 0.25) is 0 Å². The Balaban J connectivity index is 2.00. The molecule has 0 unspecified atom stereocenters. The molecule has 18 heavy (non-hydrogen) atoms. The largest absolute Gasteiger partial charge is 0.329 e. The first-order chi connectivity index (χ1) is 8.77. The summed E-state index contributed by atoms with van der Waals surface area (Å²) in [6.45, 7) is 2.14. The summed E-state index contributed by atoms with van der Waals surface area (Å²) in [5, 5.41) is 3.04. The molecule has 1 fully saturated rings. The summed E-state index contributed by atoms with van der Waals surface area (Å²) >= 11 is 1.66. The van der Waals surface area contributed by atoms with Gasteiger partial charge in [0.05, 0.1) is 5.69 Å². The topological polar surface area (TPSA) is 30.7 Å². The van der Waals surface area contributed by atoms with Crippen molar-refractivity contribution in [3.63, 3.8) is 0 Å². The van der Waals surface area contributed by atoms with E-state index < -0.39 is 0 Å². The van der Waals surface area contributed by atoms with E-state index >= 15 is 0 Å². The molecule has 0 aromatic carbocycles. The Labute approximate surface area is 112 Å². The predicted octanol–water partition coefficient (Wildman–Crippen LogP) is 3.90. The lowest BCUT2D eigenvalue weighted by atomic mass is 9.86. The minimum atomic E-state index is 0.699. The van der Waals surface area contributed by atoms with Gasteiger partial charge in [-0.05, 0) is 19.8 Å². The van der Waals surface area contributed by atoms with Crippen LogP contribution in [0.1, 0.15) is 49.4 Å². The number of rotatable bonds is 2. The highest BCUT2D eigenvalue weighted by atomic mass is 32.1. The molecule has 3 rings (SSSR count). The van der Waals surface area contributed by atoms with E-state index in [1.54, 1.807) is 11.3 Å². The number of aromatic nitrogens is 3. The molecular weight excluding hydrogens is 242 g/mol. The molecule has 0 saturated heterocycles. The molecule has 3 nitrogen and oxygen atoms in total. The fraction of sp³-hybridized carbons (Fsp3) is 0.571. The van der Waals surface area contributed by atoms with Crippen LogP contribution in [0.3, 0.4) is 0 Å². The zero-order valence-corrected chi connectivity index (χ0v) is 11.8. The molecule has 2 aromatic rings. The molecule has 0 atom stereocenters. The second-order valence-electron chi connectivity index (χ2n) is 5.14. The Hall–Kier alpha value is -1.16. The van der Waals surface area contributed by atoms with Gasteiger partial charge in [0.25, 0.3) is 0 Å². The second kappa shape index (κ2) is 4.84. The molecule has 0 radical (unpaired) electrons. The van der Waals surface area contributed by atoms with Crippen LogP contribution >= 0.6 is 11.3 Å². The fourth-order valence-corrected chi connectivity index (χ4v) is 3.78. The number of hydrogen-bond donors (Lipinski definition) is 0. The average Bonchev–Trinajstić information content (AvgIpc) is 2.99. The van der Waals surface area contributed by atoms with Gasteiger partial charge in [-0.25, -0.2) is 9.97 Å². The van der Waals surface area contributed by atoms with Gasteiger partial charge in [0.15, 0.2) is 10.8 Å². The minimum absolute atomic E-state index is 0.699. The molecule has 0 bridgehead atoms. The van der Waals surface area contributed by atoms with Crippen LogP contribution in [-0.4, -0.2) is 14.5 Å².